The van der Waals surface area contributed by atoms with Crippen molar-refractivity contribution < 1.29 is 18.3 Å². The van der Waals surface area contributed by atoms with Crippen molar-refractivity contribution >= 4 is 43.2 Å². The maximum Gasteiger partial charge on any atom is 0.265 e. The molecule has 1 amide bonds. The Morgan fingerprint density at radius 3 is 2.46 bits per heavy atom. The number of hydrogen-bond donors (Lipinski definition) is 2. The Kier molecular flexibility index (Phi) is 6.45. The smallest absolute Gasteiger partial charge is 0.265 e. The molecule has 0 unspecified atom stereocenters. The number of aliphatic hydroxyl groups excluding tert-OH is 1. The molecule has 0 bridgehead atoms. The standard InChI is InChI=1S/C25H26N4O4S2/c1-2-22-21-16-23(34-25(21)29(27-22)18-6-4-3-5-7-18)24(31)26-17-8-10-20(11-9-17)35(32,33)28-14-12-19(30)13-15-28/h3-11,16,19,30H,2,12-15H2,1H3,(H,26,31). The van der Waals surface area contributed by atoms with Crippen molar-refractivity contribution in [3.8, 4) is 5.69 Å². The fourth-order valence-corrected chi connectivity index (χ4v) is 6.74. The van der Waals surface area contributed by atoms with E-state index in [2.05, 4.69) is 5.32 Å². The van der Waals surface area contributed by atoms with Crippen LogP contribution in [0.5, 0.6) is 0 Å². The van der Waals surface area contributed by atoms with Crippen molar-refractivity contribution in [2.75, 3.05) is 18.4 Å². The van der Waals surface area contributed by atoms with E-state index in [0.29, 0.717) is 36.5 Å². The number of piperidine rings is 1. The molecule has 182 valence electrons. The molecule has 2 aromatic carbocycles. The van der Waals surface area contributed by atoms with Gasteiger partial charge in [-0.25, -0.2) is 13.1 Å². The summed E-state index contributed by atoms with van der Waals surface area (Å²) in [5, 5.41) is 18.2. The summed E-state index contributed by atoms with van der Waals surface area (Å²) in [4.78, 5) is 14.6. The maximum atomic E-state index is 13.0. The first-order chi connectivity index (χ1) is 16.9. The van der Waals surface area contributed by atoms with E-state index in [1.807, 2.05) is 48.0 Å². The number of nitrogens with one attached hydrogen (secondary N) is 1. The number of aromatic nitrogens is 2. The van der Waals surface area contributed by atoms with E-state index in [-0.39, 0.29) is 10.8 Å². The second kappa shape index (κ2) is 9.54. The lowest BCUT2D eigenvalue weighted by Crippen LogP contribution is -2.39. The van der Waals surface area contributed by atoms with Crippen molar-refractivity contribution in [2.45, 2.75) is 37.2 Å². The molecular weight excluding hydrogens is 484 g/mol. The predicted octanol–water partition coefficient (Wildman–Crippen LogP) is 4.05. The molecule has 3 heterocycles. The van der Waals surface area contributed by atoms with Crippen molar-refractivity contribution in [1.82, 2.24) is 14.1 Å². The second-order valence-corrected chi connectivity index (χ2v) is 11.5. The van der Waals surface area contributed by atoms with Crippen LogP contribution >= 0.6 is 11.3 Å². The van der Waals surface area contributed by atoms with Gasteiger partial charge in [0.2, 0.25) is 10.0 Å². The Balaban J connectivity index is 1.35. The van der Waals surface area contributed by atoms with E-state index in [9.17, 15) is 18.3 Å². The van der Waals surface area contributed by atoms with Gasteiger partial charge in [-0.3, -0.25) is 4.79 Å². The number of anilines is 1. The van der Waals surface area contributed by atoms with E-state index in [4.69, 9.17) is 5.10 Å². The molecule has 4 aromatic rings. The first kappa shape index (κ1) is 23.7. The van der Waals surface area contributed by atoms with Gasteiger partial charge >= 0.3 is 0 Å². The summed E-state index contributed by atoms with van der Waals surface area (Å²) in [5.74, 6) is -0.256. The monoisotopic (exact) mass is 510 g/mol. The number of sulfonamides is 1. The maximum absolute atomic E-state index is 13.0. The Morgan fingerprint density at radius 1 is 1.11 bits per heavy atom. The highest BCUT2D eigenvalue weighted by atomic mass is 32.2. The average Bonchev–Trinajstić information content (AvgIpc) is 3.45. The summed E-state index contributed by atoms with van der Waals surface area (Å²) in [7, 11) is -3.63. The lowest BCUT2D eigenvalue weighted by atomic mass is 10.1. The minimum Gasteiger partial charge on any atom is -0.393 e. The average molecular weight is 511 g/mol. The molecule has 0 atom stereocenters. The lowest BCUT2D eigenvalue weighted by molar-refractivity contribution is 0.103. The van der Waals surface area contributed by atoms with Gasteiger partial charge in [-0.1, -0.05) is 25.1 Å². The number of aryl methyl sites for hydroxylation is 1. The summed E-state index contributed by atoms with van der Waals surface area (Å²) >= 11 is 1.37. The van der Waals surface area contributed by atoms with Crippen LogP contribution in [0.1, 0.15) is 35.1 Å². The molecule has 2 aromatic heterocycles. The van der Waals surface area contributed by atoms with Gasteiger partial charge in [0.05, 0.1) is 27.3 Å². The third-order valence-corrected chi connectivity index (χ3v) is 9.19. The zero-order chi connectivity index (χ0) is 24.6. The zero-order valence-corrected chi connectivity index (χ0v) is 20.8. The molecule has 0 saturated carbocycles. The van der Waals surface area contributed by atoms with E-state index in [1.165, 1.54) is 27.8 Å². The SMILES string of the molecule is CCc1nn(-c2ccccc2)c2sc(C(=O)Nc3ccc(S(=O)(=O)N4CCC(O)CC4)cc3)cc12. The summed E-state index contributed by atoms with van der Waals surface area (Å²) in [6.45, 7) is 2.64. The summed E-state index contributed by atoms with van der Waals surface area (Å²) in [5.41, 5.74) is 2.38. The number of nitrogens with zero attached hydrogens (tertiary/aromatic N) is 3. The first-order valence-electron chi connectivity index (χ1n) is 11.5. The van der Waals surface area contributed by atoms with E-state index >= 15 is 0 Å². The summed E-state index contributed by atoms with van der Waals surface area (Å²) in [6, 6.07) is 17.9. The minimum atomic E-state index is -3.63. The van der Waals surface area contributed by atoms with Crippen LogP contribution in [-0.4, -0.2) is 52.7 Å². The van der Waals surface area contributed by atoms with Gasteiger partial charge in [0.15, 0.2) is 0 Å². The Bertz CT molecular complexity index is 1450. The van der Waals surface area contributed by atoms with Gasteiger partial charge in [0, 0.05) is 24.2 Å². The summed E-state index contributed by atoms with van der Waals surface area (Å²) < 4.78 is 29.0. The van der Waals surface area contributed by atoms with E-state index in [1.54, 1.807) is 12.1 Å². The molecule has 2 N–H and O–H groups in total. The van der Waals surface area contributed by atoms with Crippen molar-refractivity contribution in [1.29, 1.82) is 0 Å². The predicted molar refractivity (Wildman–Crippen MR) is 137 cm³/mol. The number of rotatable bonds is 6. The normalized spacial score (nSPS) is 15.5. The molecular formula is C25H26N4O4S2. The molecule has 10 heteroatoms. The topological polar surface area (TPSA) is 105 Å². The molecule has 1 saturated heterocycles. The molecule has 0 radical (unpaired) electrons. The van der Waals surface area contributed by atoms with Gasteiger partial charge in [0.25, 0.3) is 5.91 Å². The number of fused-ring (bicyclic) bond motifs is 1. The van der Waals surface area contributed by atoms with Crippen molar-refractivity contribution in [3.05, 3.63) is 71.2 Å². The van der Waals surface area contributed by atoms with Crippen LogP contribution in [0.2, 0.25) is 0 Å². The number of aliphatic hydroxyl groups is 1. The third kappa shape index (κ3) is 4.62. The van der Waals surface area contributed by atoms with Crippen LogP contribution in [0.4, 0.5) is 5.69 Å². The van der Waals surface area contributed by atoms with Crippen LogP contribution in [0, 0.1) is 0 Å². The molecule has 5 rings (SSSR count). The highest BCUT2D eigenvalue weighted by Gasteiger charge is 2.28. The minimum absolute atomic E-state index is 0.171. The van der Waals surface area contributed by atoms with Crippen LogP contribution in [0.15, 0.2) is 65.6 Å². The lowest BCUT2D eigenvalue weighted by Gasteiger charge is -2.28. The molecule has 0 aliphatic carbocycles. The highest BCUT2D eigenvalue weighted by Crippen LogP contribution is 2.31. The quantitative estimate of drug-likeness (QED) is 0.407. The molecule has 1 fully saturated rings. The van der Waals surface area contributed by atoms with Gasteiger partial charge in [-0.05, 0) is 61.7 Å². The number of carbonyl (C=O) groups is 1. The number of carbonyl (C=O) groups excluding carboxylic acids is 1. The van der Waals surface area contributed by atoms with Crippen molar-refractivity contribution in [2.24, 2.45) is 0 Å². The number of benzene rings is 2. The largest absolute Gasteiger partial charge is 0.393 e. The van der Waals surface area contributed by atoms with Gasteiger partial charge < -0.3 is 10.4 Å². The van der Waals surface area contributed by atoms with Gasteiger partial charge in [-0.15, -0.1) is 11.3 Å². The Labute approximate surface area is 207 Å². The van der Waals surface area contributed by atoms with E-state index < -0.39 is 16.1 Å². The highest BCUT2D eigenvalue weighted by molar-refractivity contribution is 7.89. The first-order valence-corrected chi connectivity index (χ1v) is 13.8. The van der Waals surface area contributed by atoms with Crippen LogP contribution in [-0.2, 0) is 16.4 Å². The Hall–Kier alpha value is -3.05. The van der Waals surface area contributed by atoms with E-state index in [0.717, 1.165) is 28.0 Å². The number of amides is 1. The fraction of sp³-hybridized carbons (Fsp3) is 0.280. The van der Waals surface area contributed by atoms with Crippen LogP contribution < -0.4 is 5.32 Å². The fourth-order valence-electron chi connectivity index (χ4n) is 4.22. The zero-order valence-electron chi connectivity index (χ0n) is 19.2. The van der Waals surface area contributed by atoms with Crippen LogP contribution in [0.25, 0.3) is 15.9 Å². The number of thiophene rings is 1. The molecule has 8 nitrogen and oxygen atoms in total. The molecule has 35 heavy (non-hydrogen) atoms. The number of hydrogen-bond acceptors (Lipinski definition) is 6. The van der Waals surface area contributed by atoms with Crippen molar-refractivity contribution in [3.63, 3.8) is 0 Å². The molecule has 1 aliphatic heterocycles. The number of para-hydroxylation sites is 1. The Morgan fingerprint density at radius 2 is 1.80 bits per heavy atom. The van der Waals surface area contributed by atoms with Crippen LogP contribution in [0.3, 0.4) is 0 Å². The molecule has 1 aliphatic rings. The van der Waals surface area contributed by atoms with Gasteiger partial charge in [-0.2, -0.15) is 9.40 Å². The summed E-state index contributed by atoms with van der Waals surface area (Å²) in [6.07, 6.45) is 1.17. The molecule has 0 spiro atoms. The third-order valence-electron chi connectivity index (χ3n) is 6.17. The van der Waals surface area contributed by atoms with Gasteiger partial charge in [0.1, 0.15) is 4.83 Å². The second-order valence-electron chi connectivity index (χ2n) is 8.49.